The number of hydrogen-bond donors (Lipinski definition) is 1. The van der Waals surface area contributed by atoms with Crippen molar-refractivity contribution in [3.05, 3.63) is 18.2 Å². The Morgan fingerprint density at radius 1 is 1.75 bits per heavy atom. The van der Waals surface area contributed by atoms with Gasteiger partial charge >= 0.3 is 5.97 Å². The highest BCUT2D eigenvalue weighted by atomic mass is 16.5. The van der Waals surface area contributed by atoms with Crippen LogP contribution < -0.4 is 5.32 Å². The number of rotatable bonds is 4. The van der Waals surface area contributed by atoms with Crippen LogP contribution in [-0.2, 0) is 11.3 Å². The van der Waals surface area contributed by atoms with Crippen LogP contribution in [-0.4, -0.2) is 35.2 Å². The fourth-order valence-electron chi connectivity index (χ4n) is 1.99. The summed E-state index contributed by atoms with van der Waals surface area (Å²) in [6.07, 6.45) is 4.42. The molecule has 1 aliphatic heterocycles. The fourth-order valence-corrected chi connectivity index (χ4v) is 1.99. The van der Waals surface area contributed by atoms with Crippen molar-refractivity contribution < 1.29 is 9.53 Å². The van der Waals surface area contributed by atoms with Crippen LogP contribution >= 0.6 is 0 Å². The third kappa shape index (κ3) is 2.41. The Labute approximate surface area is 94.8 Å². The largest absolute Gasteiger partial charge is 0.461 e. The summed E-state index contributed by atoms with van der Waals surface area (Å²) in [4.78, 5) is 15.6. The summed E-state index contributed by atoms with van der Waals surface area (Å²) >= 11 is 0. The molecule has 0 aliphatic carbocycles. The Kier molecular flexibility index (Phi) is 3.56. The maximum atomic E-state index is 11.6. The molecule has 1 N–H and O–H groups in total. The van der Waals surface area contributed by atoms with Crippen LogP contribution in [0.15, 0.2) is 12.5 Å². The van der Waals surface area contributed by atoms with E-state index in [-0.39, 0.29) is 5.97 Å². The van der Waals surface area contributed by atoms with Crippen LogP contribution in [0.5, 0.6) is 0 Å². The summed E-state index contributed by atoms with van der Waals surface area (Å²) in [5.74, 6) is 0.299. The normalized spacial score (nSPS) is 19.9. The Bertz CT molecular complexity index is 356. The maximum absolute atomic E-state index is 11.6. The van der Waals surface area contributed by atoms with E-state index in [1.165, 1.54) is 0 Å². The zero-order chi connectivity index (χ0) is 11.4. The summed E-state index contributed by atoms with van der Waals surface area (Å²) in [6.45, 7) is 5.12. The Hall–Kier alpha value is -1.36. The van der Waals surface area contributed by atoms with Crippen molar-refractivity contribution in [3.8, 4) is 0 Å². The van der Waals surface area contributed by atoms with Crippen LogP contribution in [0.25, 0.3) is 0 Å². The van der Waals surface area contributed by atoms with E-state index in [1.807, 2.05) is 4.57 Å². The van der Waals surface area contributed by atoms with E-state index in [0.29, 0.717) is 18.2 Å². The minimum Gasteiger partial charge on any atom is -0.461 e. The highest BCUT2D eigenvalue weighted by Gasteiger charge is 2.19. The molecule has 1 saturated heterocycles. The topological polar surface area (TPSA) is 56.1 Å². The molecule has 0 radical (unpaired) electrons. The molecular formula is C11H17N3O2. The van der Waals surface area contributed by atoms with E-state index in [9.17, 15) is 4.79 Å². The van der Waals surface area contributed by atoms with Gasteiger partial charge in [-0.1, -0.05) is 0 Å². The van der Waals surface area contributed by atoms with Gasteiger partial charge in [0.05, 0.1) is 19.1 Å². The molecule has 5 heteroatoms. The first-order chi connectivity index (χ1) is 7.81. The monoisotopic (exact) mass is 223 g/mol. The van der Waals surface area contributed by atoms with Crippen molar-refractivity contribution in [2.45, 2.75) is 19.9 Å². The molecule has 2 heterocycles. The molecule has 1 aromatic heterocycles. The zero-order valence-electron chi connectivity index (χ0n) is 9.48. The van der Waals surface area contributed by atoms with E-state index in [1.54, 1.807) is 19.4 Å². The van der Waals surface area contributed by atoms with Gasteiger partial charge in [0.1, 0.15) is 5.69 Å². The lowest BCUT2D eigenvalue weighted by molar-refractivity contribution is 0.0512. The second-order valence-electron chi connectivity index (χ2n) is 4.01. The Balaban J connectivity index is 2.03. The van der Waals surface area contributed by atoms with E-state index in [2.05, 4.69) is 10.3 Å². The number of nitrogens with zero attached hydrogens (tertiary/aromatic N) is 2. The molecule has 1 unspecified atom stereocenters. The lowest BCUT2D eigenvalue weighted by atomic mass is 10.1. The number of ether oxygens (including phenoxy) is 1. The third-order valence-electron chi connectivity index (χ3n) is 2.81. The van der Waals surface area contributed by atoms with Gasteiger partial charge in [-0.05, 0) is 32.4 Å². The molecule has 0 saturated carbocycles. The van der Waals surface area contributed by atoms with Crippen LogP contribution in [0, 0.1) is 5.92 Å². The molecule has 1 aromatic rings. The summed E-state index contributed by atoms with van der Waals surface area (Å²) in [5, 5.41) is 3.31. The Morgan fingerprint density at radius 3 is 3.31 bits per heavy atom. The smallest absolute Gasteiger partial charge is 0.356 e. The number of imidazole rings is 1. The fraction of sp³-hybridized carbons (Fsp3) is 0.636. The quantitative estimate of drug-likeness (QED) is 0.762. The number of nitrogens with one attached hydrogen (secondary N) is 1. The molecule has 0 amide bonds. The van der Waals surface area contributed by atoms with E-state index >= 15 is 0 Å². The second-order valence-corrected chi connectivity index (χ2v) is 4.01. The van der Waals surface area contributed by atoms with Crippen LogP contribution in [0.1, 0.15) is 23.8 Å². The molecular weight excluding hydrogens is 206 g/mol. The average Bonchev–Trinajstić information content (AvgIpc) is 2.90. The zero-order valence-corrected chi connectivity index (χ0v) is 9.48. The second kappa shape index (κ2) is 5.12. The van der Waals surface area contributed by atoms with Crippen molar-refractivity contribution in [2.75, 3.05) is 19.7 Å². The molecule has 0 spiro atoms. The number of hydrogen-bond acceptors (Lipinski definition) is 4. The van der Waals surface area contributed by atoms with E-state index in [4.69, 9.17) is 4.74 Å². The average molecular weight is 223 g/mol. The van der Waals surface area contributed by atoms with Crippen molar-refractivity contribution in [2.24, 2.45) is 5.92 Å². The molecule has 0 aromatic carbocycles. The van der Waals surface area contributed by atoms with Crippen molar-refractivity contribution in [1.29, 1.82) is 0 Å². The van der Waals surface area contributed by atoms with Crippen molar-refractivity contribution >= 4 is 5.97 Å². The minimum atomic E-state index is -0.286. The molecule has 1 atom stereocenters. The van der Waals surface area contributed by atoms with E-state index < -0.39 is 0 Å². The lowest BCUT2D eigenvalue weighted by Gasteiger charge is -2.11. The SMILES string of the molecule is CCOC(=O)c1cncn1CC1CCNC1. The predicted molar refractivity (Wildman–Crippen MR) is 59.2 cm³/mol. The molecule has 88 valence electrons. The summed E-state index contributed by atoms with van der Waals surface area (Å²) in [7, 11) is 0. The standard InChI is InChI=1S/C11H17N3O2/c1-2-16-11(15)10-6-13-8-14(10)7-9-3-4-12-5-9/h6,8-9,12H,2-5,7H2,1H3. The predicted octanol–water partition coefficient (Wildman–Crippen LogP) is 0.669. The number of carbonyl (C=O) groups excluding carboxylic acids is 1. The lowest BCUT2D eigenvalue weighted by Crippen LogP contribution is -2.18. The number of aromatic nitrogens is 2. The molecule has 1 aliphatic rings. The van der Waals surface area contributed by atoms with Gasteiger partial charge in [-0.2, -0.15) is 0 Å². The van der Waals surface area contributed by atoms with Gasteiger partial charge in [0, 0.05) is 6.54 Å². The molecule has 16 heavy (non-hydrogen) atoms. The van der Waals surface area contributed by atoms with Gasteiger partial charge in [0.25, 0.3) is 0 Å². The van der Waals surface area contributed by atoms with Gasteiger partial charge in [-0.25, -0.2) is 9.78 Å². The highest BCUT2D eigenvalue weighted by molar-refractivity contribution is 5.87. The van der Waals surface area contributed by atoms with Gasteiger partial charge in [-0.3, -0.25) is 0 Å². The van der Waals surface area contributed by atoms with Gasteiger partial charge in [-0.15, -0.1) is 0 Å². The third-order valence-corrected chi connectivity index (χ3v) is 2.81. The van der Waals surface area contributed by atoms with Crippen molar-refractivity contribution in [3.63, 3.8) is 0 Å². The maximum Gasteiger partial charge on any atom is 0.356 e. The number of esters is 1. The van der Waals surface area contributed by atoms with Crippen molar-refractivity contribution in [1.82, 2.24) is 14.9 Å². The van der Waals surface area contributed by atoms with Crippen LogP contribution in [0.3, 0.4) is 0 Å². The van der Waals surface area contributed by atoms with Gasteiger partial charge in [0.2, 0.25) is 0 Å². The summed E-state index contributed by atoms with van der Waals surface area (Å²) in [5.41, 5.74) is 0.550. The van der Waals surface area contributed by atoms with Gasteiger partial charge < -0.3 is 14.6 Å². The molecule has 1 fully saturated rings. The molecule has 5 nitrogen and oxygen atoms in total. The first-order valence-electron chi connectivity index (χ1n) is 5.69. The molecule has 2 rings (SSSR count). The van der Waals surface area contributed by atoms with E-state index in [0.717, 1.165) is 26.1 Å². The van der Waals surface area contributed by atoms with Gasteiger partial charge in [0.15, 0.2) is 0 Å². The van der Waals surface area contributed by atoms with Crippen LogP contribution in [0.4, 0.5) is 0 Å². The van der Waals surface area contributed by atoms with Crippen LogP contribution in [0.2, 0.25) is 0 Å². The highest BCUT2D eigenvalue weighted by Crippen LogP contribution is 2.12. The first-order valence-corrected chi connectivity index (χ1v) is 5.69. The minimum absolute atomic E-state index is 0.286. The first kappa shape index (κ1) is 11.1. The number of carbonyl (C=O) groups is 1. The summed E-state index contributed by atoms with van der Waals surface area (Å²) < 4.78 is 6.86. The Morgan fingerprint density at radius 2 is 2.62 bits per heavy atom. The summed E-state index contributed by atoms with van der Waals surface area (Å²) in [6, 6.07) is 0. The molecule has 0 bridgehead atoms.